The van der Waals surface area contributed by atoms with Crippen molar-refractivity contribution in [3.63, 3.8) is 0 Å². The maximum absolute atomic E-state index is 13.8. The molecule has 6 heteroatoms. The molecule has 0 radical (unpaired) electrons. The van der Waals surface area contributed by atoms with Gasteiger partial charge in [-0.2, -0.15) is 0 Å². The summed E-state index contributed by atoms with van der Waals surface area (Å²) in [6, 6.07) is 6.98. The maximum atomic E-state index is 13.8. The summed E-state index contributed by atoms with van der Waals surface area (Å²) in [4.78, 5) is 6.46. The second-order valence-electron chi connectivity index (χ2n) is 6.42. The van der Waals surface area contributed by atoms with Crippen LogP contribution in [0.1, 0.15) is 17.8 Å². The lowest BCUT2D eigenvalue weighted by Gasteiger charge is -2.24. The standard InChI is InChI=1S/C18H24F2N4/c1-23-9-8-22-18(23)13-24-12-15(19)10-16(24)11-21-7-6-14-4-2-3-5-17(14)20/h2-5,8-9,15-16,21H,6-7,10-13H2,1H3/t15-,16-/m0/s1. The summed E-state index contributed by atoms with van der Waals surface area (Å²) in [6.45, 7) is 2.50. The molecule has 2 atom stereocenters. The van der Waals surface area contributed by atoms with Gasteiger partial charge in [-0.05, 0) is 31.0 Å². The third kappa shape index (κ3) is 4.19. The summed E-state index contributed by atoms with van der Waals surface area (Å²) in [5.41, 5.74) is 0.713. The molecule has 3 rings (SSSR count). The molecule has 1 aliphatic rings. The number of halogens is 2. The number of hydrogen-bond donors (Lipinski definition) is 1. The third-order valence-corrected chi connectivity index (χ3v) is 4.65. The Hall–Kier alpha value is -1.79. The number of likely N-dealkylation sites (tertiary alicyclic amines) is 1. The quantitative estimate of drug-likeness (QED) is 0.789. The minimum atomic E-state index is -0.788. The van der Waals surface area contributed by atoms with Gasteiger partial charge in [0.2, 0.25) is 0 Å². The second kappa shape index (κ2) is 7.85. The zero-order chi connectivity index (χ0) is 16.9. The third-order valence-electron chi connectivity index (χ3n) is 4.65. The van der Waals surface area contributed by atoms with Crippen LogP contribution in [0.4, 0.5) is 8.78 Å². The van der Waals surface area contributed by atoms with Crippen LogP contribution in [0.2, 0.25) is 0 Å². The van der Waals surface area contributed by atoms with Crippen LogP contribution in [0.5, 0.6) is 0 Å². The van der Waals surface area contributed by atoms with E-state index in [1.54, 1.807) is 18.3 Å². The highest BCUT2D eigenvalue weighted by Crippen LogP contribution is 2.21. The zero-order valence-electron chi connectivity index (χ0n) is 14.0. The predicted molar refractivity (Wildman–Crippen MR) is 89.9 cm³/mol. The molecule has 2 heterocycles. The first kappa shape index (κ1) is 17.0. The lowest BCUT2D eigenvalue weighted by atomic mass is 10.1. The molecule has 0 aliphatic carbocycles. The van der Waals surface area contributed by atoms with Gasteiger partial charge in [0.25, 0.3) is 0 Å². The first-order chi connectivity index (χ1) is 11.6. The number of nitrogens with zero attached hydrogens (tertiary/aromatic N) is 3. The van der Waals surface area contributed by atoms with Gasteiger partial charge in [0, 0.05) is 38.6 Å². The van der Waals surface area contributed by atoms with E-state index < -0.39 is 6.17 Å². The molecule has 0 saturated carbocycles. The topological polar surface area (TPSA) is 33.1 Å². The summed E-state index contributed by atoms with van der Waals surface area (Å²) in [5.74, 6) is 0.779. The van der Waals surface area contributed by atoms with E-state index in [2.05, 4.69) is 15.2 Å². The Balaban J connectivity index is 1.48. The molecule has 1 aromatic heterocycles. The molecule has 0 unspecified atom stereocenters. The smallest absolute Gasteiger partial charge is 0.126 e. The van der Waals surface area contributed by atoms with Gasteiger partial charge in [0.1, 0.15) is 17.8 Å². The SMILES string of the molecule is Cn1ccnc1CN1C[C@@H](F)C[C@H]1CNCCc1ccccc1F. The number of nitrogens with one attached hydrogen (secondary N) is 1. The van der Waals surface area contributed by atoms with E-state index in [0.717, 1.165) is 5.82 Å². The second-order valence-corrected chi connectivity index (χ2v) is 6.42. The van der Waals surface area contributed by atoms with Crippen molar-refractivity contribution < 1.29 is 8.78 Å². The molecule has 0 spiro atoms. The number of aromatic nitrogens is 2. The van der Waals surface area contributed by atoms with Gasteiger partial charge in [0.15, 0.2) is 0 Å². The van der Waals surface area contributed by atoms with E-state index in [0.29, 0.717) is 44.6 Å². The van der Waals surface area contributed by atoms with Crippen LogP contribution < -0.4 is 5.32 Å². The van der Waals surface area contributed by atoms with Crippen LogP contribution in [0.25, 0.3) is 0 Å². The number of aryl methyl sites for hydroxylation is 1. The molecule has 24 heavy (non-hydrogen) atoms. The number of hydrogen-bond acceptors (Lipinski definition) is 3. The average molecular weight is 334 g/mol. The van der Waals surface area contributed by atoms with Crippen LogP contribution in [-0.2, 0) is 20.0 Å². The summed E-state index contributed by atoms with van der Waals surface area (Å²) in [7, 11) is 1.95. The Morgan fingerprint density at radius 1 is 1.33 bits per heavy atom. The lowest BCUT2D eigenvalue weighted by Crippen LogP contribution is -2.38. The van der Waals surface area contributed by atoms with Crippen LogP contribution in [0.15, 0.2) is 36.7 Å². The molecule has 4 nitrogen and oxygen atoms in total. The molecule has 1 aromatic carbocycles. The van der Waals surface area contributed by atoms with Crippen molar-refractivity contribution >= 4 is 0 Å². The monoisotopic (exact) mass is 334 g/mol. The van der Waals surface area contributed by atoms with Crippen molar-refractivity contribution in [3.05, 3.63) is 53.9 Å². The fourth-order valence-corrected chi connectivity index (χ4v) is 3.25. The van der Waals surface area contributed by atoms with E-state index in [1.807, 2.05) is 23.9 Å². The molecule has 1 aliphatic heterocycles. The highest BCUT2D eigenvalue weighted by atomic mass is 19.1. The van der Waals surface area contributed by atoms with Gasteiger partial charge in [-0.15, -0.1) is 0 Å². The Morgan fingerprint density at radius 2 is 2.17 bits per heavy atom. The van der Waals surface area contributed by atoms with Gasteiger partial charge in [-0.3, -0.25) is 4.90 Å². The fraction of sp³-hybridized carbons (Fsp3) is 0.500. The zero-order valence-corrected chi connectivity index (χ0v) is 14.0. The Labute approximate surface area is 141 Å². The van der Waals surface area contributed by atoms with Crippen LogP contribution >= 0.6 is 0 Å². The van der Waals surface area contributed by atoms with Gasteiger partial charge in [-0.1, -0.05) is 18.2 Å². The highest BCUT2D eigenvalue weighted by molar-refractivity contribution is 5.17. The molecule has 0 amide bonds. The summed E-state index contributed by atoms with van der Waals surface area (Å²) < 4.78 is 29.4. The largest absolute Gasteiger partial charge is 0.337 e. The number of alkyl halides is 1. The molecule has 2 aromatic rings. The molecule has 1 N–H and O–H groups in total. The van der Waals surface area contributed by atoms with Crippen LogP contribution in [0, 0.1) is 5.82 Å². The van der Waals surface area contributed by atoms with Crippen molar-refractivity contribution in [2.75, 3.05) is 19.6 Å². The number of imidazole rings is 1. The Bertz CT molecular complexity index is 658. The van der Waals surface area contributed by atoms with Crippen molar-refractivity contribution in [1.82, 2.24) is 19.8 Å². The molecule has 130 valence electrons. The van der Waals surface area contributed by atoms with E-state index in [9.17, 15) is 8.78 Å². The van der Waals surface area contributed by atoms with Crippen molar-refractivity contribution in [2.45, 2.75) is 31.6 Å². The molecule has 0 bridgehead atoms. The average Bonchev–Trinajstić information content (AvgIpc) is 3.12. The first-order valence-corrected chi connectivity index (χ1v) is 8.42. The van der Waals surface area contributed by atoms with Gasteiger partial charge < -0.3 is 9.88 Å². The molecular formula is C18H24F2N4. The summed E-state index contributed by atoms with van der Waals surface area (Å²) >= 11 is 0. The highest BCUT2D eigenvalue weighted by Gasteiger charge is 2.32. The minimum Gasteiger partial charge on any atom is -0.337 e. The maximum Gasteiger partial charge on any atom is 0.126 e. The minimum absolute atomic E-state index is 0.150. The number of benzene rings is 1. The fourth-order valence-electron chi connectivity index (χ4n) is 3.25. The molecule has 1 saturated heterocycles. The van der Waals surface area contributed by atoms with Gasteiger partial charge >= 0.3 is 0 Å². The normalized spacial score (nSPS) is 21.5. The van der Waals surface area contributed by atoms with Crippen molar-refractivity contribution in [1.29, 1.82) is 0 Å². The first-order valence-electron chi connectivity index (χ1n) is 8.42. The Morgan fingerprint density at radius 3 is 2.92 bits per heavy atom. The van der Waals surface area contributed by atoms with Gasteiger partial charge in [-0.25, -0.2) is 13.8 Å². The van der Waals surface area contributed by atoms with Crippen LogP contribution in [-0.4, -0.2) is 46.3 Å². The summed E-state index contributed by atoms with van der Waals surface area (Å²) in [6.07, 6.45) is 4.05. The predicted octanol–water partition coefficient (Wildman–Crippen LogP) is 2.30. The van der Waals surface area contributed by atoms with E-state index in [4.69, 9.17) is 0 Å². The van der Waals surface area contributed by atoms with E-state index >= 15 is 0 Å². The molecular weight excluding hydrogens is 310 g/mol. The van der Waals surface area contributed by atoms with Gasteiger partial charge in [0.05, 0.1) is 6.54 Å². The lowest BCUT2D eigenvalue weighted by molar-refractivity contribution is 0.223. The van der Waals surface area contributed by atoms with E-state index in [-0.39, 0.29) is 11.9 Å². The van der Waals surface area contributed by atoms with E-state index in [1.165, 1.54) is 6.07 Å². The van der Waals surface area contributed by atoms with Crippen LogP contribution in [0.3, 0.4) is 0 Å². The Kier molecular flexibility index (Phi) is 5.58. The summed E-state index contributed by atoms with van der Waals surface area (Å²) in [5, 5.41) is 3.35. The molecule has 1 fully saturated rings. The van der Waals surface area contributed by atoms with Crippen molar-refractivity contribution in [3.8, 4) is 0 Å². The van der Waals surface area contributed by atoms with Crippen molar-refractivity contribution in [2.24, 2.45) is 7.05 Å². The number of rotatable bonds is 7.